The van der Waals surface area contributed by atoms with E-state index in [0.717, 1.165) is 4.47 Å². The first-order valence-corrected chi connectivity index (χ1v) is 5.92. The van der Waals surface area contributed by atoms with Gasteiger partial charge in [0, 0.05) is 52.1 Å². The molecule has 0 fully saturated rings. The second-order valence-electron chi connectivity index (χ2n) is 3.96. The molecule has 3 heteroatoms. The summed E-state index contributed by atoms with van der Waals surface area (Å²) in [6, 6.07) is 8.41. The molecule has 0 radical (unpaired) electrons. The molecule has 80 valence electrons. The molecular weight excluding hydrogens is 264 g/mol. The maximum atomic E-state index is 3.51. The van der Waals surface area contributed by atoms with Gasteiger partial charge in [0.15, 0.2) is 0 Å². The molecule has 3 aromatic rings. The summed E-state index contributed by atoms with van der Waals surface area (Å²) in [7, 11) is 2.04. The predicted molar refractivity (Wildman–Crippen MR) is 70.4 cm³/mol. The van der Waals surface area contributed by atoms with Gasteiger partial charge in [0.05, 0.1) is 0 Å². The van der Waals surface area contributed by atoms with Gasteiger partial charge in [-0.2, -0.15) is 0 Å². The summed E-state index contributed by atoms with van der Waals surface area (Å²) in [5.41, 5.74) is 3.66. The van der Waals surface area contributed by atoms with Crippen molar-refractivity contribution in [2.45, 2.75) is 0 Å². The van der Waals surface area contributed by atoms with Crippen LogP contribution in [0.5, 0.6) is 0 Å². The third-order valence-electron chi connectivity index (χ3n) is 2.79. The van der Waals surface area contributed by atoms with Crippen LogP contribution < -0.4 is 0 Å². The minimum atomic E-state index is 1.11. The van der Waals surface area contributed by atoms with E-state index in [0.29, 0.717) is 0 Å². The highest BCUT2D eigenvalue weighted by Gasteiger charge is 2.06. The summed E-state index contributed by atoms with van der Waals surface area (Å²) in [5, 5.41) is 1.25. The highest BCUT2D eigenvalue weighted by Crippen LogP contribution is 2.30. The summed E-state index contributed by atoms with van der Waals surface area (Å²) < 4.78 is 3.17. The molecule has 0 atom stereocenters. The Bertz CT molecular complexity index is 649. The van der Waals surface area contributed by atoms with Crippen LogP contribution in [-0.4, -0.2) is 9.55 Å². The monoisotopic (exact) mass is 274 g/mol. The fraction of sp³-hybridized carbons (Fsp3) is 0.0769. The molecule has 0 aliphatic heterocycles. The quantitative estimate of drug-likeness (QED) is 0.694. The molecule has 0 saturated heterocycles. The number of fused-ring (bicyclic) bond motifs is 1. The number of nitrogens with zero attached hydrogens (tertiary/aromatic N) is 1. The molecular formula is C13H11BrN2. The molecule has 0 unspecified atom stereocenters. The van der Waals surface area contributed by atoms with E-state index in [1.165, 1.54) is 22.0 Å². The number of hydrogen-bond donors (Lipinski definition) is 1. The van der Waals surface area contributed by atoms with Gasteiger partial charge in [-0.05, 0) is 24.3 Å². The fourth-order valence-corrected chi connectivity index (χ4v) is 2.36. The molecule has 0 saturated carbocycles. The highest BCUT2D eigenvalue weighted by molar-refractivity contribution is 9.10. The third-order valence-corrected chi connectivity index (χ3v) is 3.28. The summed E-state index contributed by atoms with van der Waals surface area (Å²) in [6.45, 7) is 0. The Balaban J connectivity index is 2.27. The Morgan fingerprint density at radius 1 is 1.25 bits per heavy atom. The van der Waals surface area contributed by atoms with Gasteiger partial charge >= 0.3 is 0 Å². The van der Waals surface area contributed by atoms with Crippen LogP contribution in [0.15, 0.2) is 47.3 Å². The third kappa shape index (κ3) is 1.48. The predicted octanol–water partition coefficient (Wildman–Crippen LogP) is 3.94. The van der Waals surface area contributed by atoms with Gasteiger partial charge in [0.2, 0.25) is 0 Å². The molecule has 2 nitrogen and oxygen atoms in total. The molecule has 16 heavy (non-hydrogen) atoms. The van der Waals surface area contributed by atoms with E-state index in [1.807, 2.05) is 13.1 Å². The lowest BCUT2D eigenvalue weighted by atomic mass is 10.1. The van der Waals surface area contributed by atoms with E-state index < -0.39 is 0 Å². The van der Waals surface area contributed by atoms with Crippen molar-refractivity contribution in [3.63, 3.8) is 0 Å². The Hall–Kier alpha value is -1.48. The van der Waals surface area contributed by atoms with Crippen LogP contribution in [-0.2, 0) is 7.05 Å². The second kappa shape index (κ2) is 3.52. The van der Waals surface area contributed by atoms with Crippen molar-refractivity contribution < 1.29 is 0 Å². The van der Waals surface area contributed by atoms with Crippen LogP contribution in [0, 0.1) is 0 Å². The first kappa shape index (κ1) is 9.73. The number of halogens is 1. The van der Waals surface area contributed by atoms with E-state index >= 15 is 0 Å². The average molecular weight is 275 g/mol. The van der Waals surface area contributed by atoms with Gasteiger partial charge in [-0.3, -0.25) is 0 Å². The van der Waals surface area contributed by atoms with Crippen LogP contribution >= 0.6 is 15.9 Å². The molecule has 1 N–H and O–H groups in total. The zero-order valence-corrected chi connectivity index (χ0v) is 10.5. The van der Waals surface area contributed by atoms with E-state index in [4.69, 9.17) is 0 Å². The summed E-state index contributed by atoms with van der Waals surface area (Å²) in [6.07, 6.45) is 6.25. The Kier molecular flexibility index (Phi) is 2.14. The van der Waals surface area contributed by atoms with Crippen molar-refractivity contribution in [2.24, 2.45) is 7.05 Å². The number of H-pyrrole nitrogens is 1. The number of hydrogen-bond acceptors (Lipinski definition) is 0. The maximum absolute atomic E-state index is 3.51. The van der Waals surface area contributed by atoms with Crippen LogP contribution in [0.1, 0.15) is 0 Å². The fourth-order valence-electron chi connectivity index (χ4n) is 1.99. The Labute approximate surface area is 102 Å². The average Bonchev–Trinajstić information content (AvgIpc) is 2.83. The molecule has 0 bridgehead atoms. The number of nitrogens with one attached hydrogen (secondary N) is 1. The number of rotatable bonds is 1. The minimum absolute atomic E-state index is 1.11. The molecule has 3 rings (SSSR count). The molecule has 0 aliphatic rings. The first-order valence-electron chi connectivity index (χ1n) is 5.13. The van der Waals surface area contributed by atoms with Crippen molar-refractivity contribution in [3.8, 4) is 11.1 Å². The van der Waals surface area contributed by atoms with Gasteiger partial charge in [0.25, 0.3) is 0 Å². The Morgan fingerprint density at radius 2 is 2.12 bits per heavy atom. The molecule has 0 spiro atoms. The Morgan fingerprint density at radius 3 is 2.88 bits per heavy atom. The van der Waals surface area contributed by atoms with Crippen molar-refractivity contribution >= 4 is 26.8 Å². The molecule has 0 aliphatic carbocycles. The van der Waals surface area contributed by atoms with Crippen LogP contribution in [0.3, 0.4) is 0 Å². The molecule has 2 aromatic heterocycles. The lowest BCUT2D eigenvalue weighted by molar-refractivity contribution is 0.929. The van der Waals surface area contributed by atoms with Gasteiger partial charge in [-0.1, -0.05) is 15.9 Å². The second-order valence-corrected chi connectivity index (χ2v) is 4.87. The number of aromatic amines is 1. The standard InChI is InChI=1S/C13H11BrN2/c1-16-5-4-9(8-16)12-7-15-13-3-2-10(14)6-11(12)13/h2-8,15H,1H3. The van der Waals surface area contributed by atoms with Gasteiger partial charge in [0.1, 0.15) is 0 Å². The molecule has 2 heterocycles. The summed E-state index contributed by atoms with van der Waals surface area (Å²) in [4.78, 5) is 3.29. The maximum Gasteiger partial charge on any atom is 0.0461 e. The van der Waals surface area contributed by atoms with Gasteiger partial charge in [-0.15, -0.1) is 0 Å². The van der Waals surface area contributed by atoms with Crippen molar-refractivity contribution in [1.29, 1.82) is 0 Å². The normalized spacial score (nSPS) is 11.1. The van der Waals surface area contributed by atoms with Crippen LogP contribution in [0.25, 0.3) is 22.0 Å². The van der Waals surface area contributed by atoms with Crippen LogP contribution in [0.2, 0.25) is 0 Å². The van der Waals surface area contributed by atoms with Crippen LogP contribution in [0.4, 0.5) is 0 Å². The number of aromatic nitrogens is 2. The largest absolute Gasteiger partial charge is 0.361 e. The van der Waals surface area contributed by atoms with E-state index in [9.17, 15) is 0 Å². The SMILES string of the molecule is Cn1ccc(-c2c[nH]c3ccc(Br)cc23)c1. The number of benzene rings is 1. The highest BCUT2D eigenvalue weighted by atomic mass is 79.9. The van der Waals surface area contributed by atoms with E-state index in [1.54, 1.807) is 0 Å². The molecule has 0 amide bonds. The van der Waals surface area contributed by atoms with Crippen molar-refractivity contribution in [2.75, 3.05) is 0 Å². The number of aryl methyl sites for hydroxylation is 1. The smallest absolute Gasteiger partial charge is 0.0461 e. The summed E-state index contributed by atoms with van der Waals surface area (Å²) in [5.74, 6) is 0. The van der Waals surface area contributed by atoms with Crippen molar-refractivity contribution in [1.82, 2.24) is 9.55 Å². The zero-order valence-electron chi connectivity index (χ0n) is 8.87. The van der Waals surface area contributed by atoms with Crippen molar-refractivity contribution in [3.05, 3.63) is 47.3 Å². The zero-order chi connectivity index (χ0) is 11.1. The van der Waals surface area contributed by atoms with Gasteiger partial charge in [-0.25, -0.2) is 0 Å². The van der Waals surface area contributed by atoms with E-state index in [-0.39, 0.29) is 0 Å². The topological polar surface area (TPSA) is 20.7 Å². The lowest BCUT2D eigenvalue weighted by Crippen LogP contribution is -1.78. The molecule has 1 aromatic carbocycles. The summed E-state index contributed by atoms with van der Waals surface area (Å²) >= 11 is 3.51. The van der Waals surface area contributed by atoms with E-state index in [2.05, 4.69) is 62.3 Å². The minimum Gasteiger partial charge on any atom is -0.361 e. The van der Waals surface area contributed by atoms with Gasteiger partial charge < -0.3 is 9.55 Å². The first-order chi connectivity index (χ1) is 7.74. The lowest BCUT2D eigenvalue weighted by Gasteiger charge is -1.96.